The second-order valence-electron chi connectivity index (χ2n) is 6.53. The number of anilines is 2. The van der Waals surface area contributed by atoms with Crippen molar-refractivity contribution in [2.75, 3.05) is 29.4 Å². The first kappa shape index (κ1) is 22.2. The van der Waals surface area contributed by atoms with Crippen LogP contribution in [0.25, 0.3) is 0 Å². The number of hydrogen-bond donors (Lipinski definition) is 2. The molecular formula is C18H20F3N3O5. The molecule has 29 heavy (non-hydrogen) atoms. The summed E-state index contributed by atoms with van der Waals surface area (Å²) < 4.78 is 31.7. The molecule has 3 rings (SSSR count). The number of benzene rings is 1. The molecule has 0 aromatic heterocycles. The summed E-state index contributed by atoms with van der Waals surface area (Å²) in [5.41, 5.74) is 1.89. The molecule has 0 aliphatic carbocycles. The van der Waals surface area contributed by atoms with Crippen molar-refractivity contribution in [3.63, 3.8) is 0 Å². The zero-order valence-corrected chi connectivity index (χ0v) is 15.3. The smallest absolute Gasteiger partial charge is 0.475 e. The van der Waals surface area contributed by atoms with Crippen molar-refractivity contribution in [3.05, 3.63) is 24.3 Å². The fraction of sp³-hybridized carbons (Fsp3) is 0.444. The molecule has 0 atom stereocenters. The first-order chi connectivity index (χ1) is 13.6. The number of carboxylic acids is 1. The quantitative estimate of drug-likeness (QED) is 0.733. The van der Waals surface area contributed by atoms with Gasteiger partial charge in [-0.1, -0.05) is 0 Å². The van der Waals surface area contributed by atoms with Gasteiger partial charge in [-0.3, -0.25) is 15.0 Å². The lowest BCUT2D eigenvalue weighted by molar-refractivity contribution is -0.192. The van der Waals surface area contributed by atoms with E-state index < -0.39 is 12.1 Å². The molecular weight excluding hydrogens is 395 g/mol. The molecule has 2 heterocycles. The van der Waals surface area contributed by atoms with E-state index in [1.807, 2.05) is 24.3 Å². The van der Waals surface area contributed by atoms with Gasteiger partial charge in [0.25, 0.3) is 0 Å². The molecule has 0 unspecified atom stereocenters. The Morgan fingerprint density at radius 3 is 2.03 bits per heavy atom. The molecule has 11 heteroatoms. The summed E-state index contributed by atoms with van der Waals surface area (Å²) in [5, 5.41) is 9.45. The van der Waals surface area contributed by atoms with Crippen LogP contribution in [0.15, 0.2) is 24.3 Å². The number of urea groups is 1. The molecule has 2 fully saturated rings. The third kappa shape index (κ3) is 6.19. The lowest BCUT2D eigenvalue weighted by atomic mass is 9.98. The Kier molecular flexibility index (Phi) is 7.18. The molecule has 8 nitrogen and oxygen atoms in total. The SMILES string of the molecule is O=C(O)C(F)(F)F.O=CC1CCN(c2ccc(N3CCC(=O)NC3=O)cc2)CC1. The van der Waals surface area contributed by atoms with Crippen LogP contribution >= 0.6 is 0 Å². The van der Waals surface area contributed by atoms with Crippen molar-refractivity contribution in [3.8, 4) is 0 Å². The van der Waals surface area contributed by atoms with Crippen molar-refractivity contribution < 1.29 is 37.5 Å². The maximum absolute atomic E-state index is 11.8. The predicted octanol–water partition coefficient (Wildman–Crippen LogP) is 2.18. The Balaban J connectivity index is 0.000000370. The highest BCUT2D eigenvalue weighted by Crippen LogP contribution is 2.25. The number of aliphatic carboxylic acids is 1. The van der Waals surface area contributed by atoms with Gasteiger partial charge in [0.2, 0.25) is 5.91 Å². The van der Waals surface area contributed by atoms with Crippen LogP contribution in [0.3, 0.4) is 0 Å². The van der Waals surface area contributed by atoms with Crippen molar-refractivity contribution in [2.24, 2.45) is 5.92 Å². The third-order valence-corrected chi connectivity index (χ3v) is 4.56. The molecule has 0 bridgehead atoms. The topological polar surface area (TPSA) is 107 Å². The number of carbonyl (C=O) groups is 4. The second-order valence-corrected chi connectivity index (χ2v) is 6.53. The Bertz CT molecular complexity index is 759. The first-order valence-electron chi connectivity index (χ1n) is 8.83. The van der Waals surface area contributed by atoms with E-state index in [4.69, 9.17) is 9.90 Å². The molecule has 2 aliphatic rings. The van der Waals surface area contributed by atoms with Crippen molar-refractivity contribution in [1.82, 2.24) is 5.32 Å². The second kappa shape index (κ2) is 9.39. The van der Waals surface area contributed by atoms with Crippen LogP contribution in [0, 0.1) is 5.92 Å². The van der Waals surface area contributed by atoms with Crippen molar-refractivity contribution >= 4 is 35.6 Å². The number of halogens is 3. The Hall–Kier alpha value is -3.11. The minimum atomic E-state index is -5.08. The number of nitrogens with zero attached hydrogens (tertiary/aromatic N) is 2. The summed E-state index contributed by atoms with van der Waals surface area (Å²) in [4.78, 5) is 46.5. The van der Waals surface area contributed by atoms with Crippen LogP contribution in [-0.2, 0) is 14.4 Å². The van der Waals surface area contributed by atoms with Gasteiger partial charge >= 0.3 is 18.2 Å². The van der Waals surface area contributed by atoms with Crippen LogP contribution in [0.4, 0.5) is 29.3 Å². The normalized spacial score (nSPS) is 17.9. The molecule has 2 aliphatic heterocycles. The number of aldehydes is 1. The van der Waals surface area contributed by atoms with Crippen molar-refractivity contribution in [1.29, 1.82) is 0 Å². The number of alkyl halides is 3. The Morgan fingerprint density at radius 1 is 1.07 bits per heavy atom. The van der Waals surface area contributed by atoms with E-state index in [1.54, 1.807) is 4.90 Å². The fourth-order valence-corrected chi connectivity index (χ4v) is 2.95. The molecule has 1 aromatic rings. The lowest BCUT2D eigenvalue weighted by Gasteiger charge is -2.32. The van der Waals surface area contributed by atoms with Gasteiger partial charge in [0.1, 0.15) is 6.29 Å². The number of rotatable bonds is 3. The standard InChI is InChI=1S/C16H19N3O3.C2HF3O2/c20-11-12-5-8-18(9-6-12)13-1-3-14(4-2-13)19-10-7-15(21)17-16(19)22;3-2(4,5)1(6)7/h1-4,11-12H,5-10H2,(H,17,21,22);(H,6,7). The third-order valence-electron chi connectivity index (χ3n) is 4.56. The molecule has 1 aromatic carbocycles. The summed E-state index contributed by atoms with van der Waals surface area (Å²) in [6, 6.07) is 7.41. The number of carboxylic acid groups (broad SMARTS) is 1. The highest BCUT2D eigenvalue weighted by Gasteiger charge is 2.38. The fourth-order valence-electron chi connectivity index (χ4n) is 2.95. The van der Waals surface area contributed by atoms with Gasteiger partial charge in [-0.15, -0.1) is 0 Å². The summed E-state index contributed by atoms with van der Waals surface area (Å²) in [6.45, 7) is 2.16. The van der Waals surface area contributed by atoms with Gasteiger partial charge in [-0.25, -0.2) is 9.59 Å². The molecule has 0 saturated carbocycles. The van der Waals surface area contributed by atoms with Gasteiger partial charge in [0.05, 0.1) is 0 Å². The summed E-state index contributed by atoms with van der Waals surface area (Å²) in [6.07, 6.45) is -1.92. The summed E-state index contributed by atoms with van der Waals surface area (Å²) in [5.74, 6) is -2.80. The van der Waals surface area contributed by atoms with Crippen LogP contribution in [0.5, 0.6) is 0 Å². The maximum atomic E-state index is 11.8. The van der Waals surface area contributed by atoms with E-state index in [0.29, 0.717) is 13.0 Å². The molecule has 158 valence electrons. The van der Waals surface area contributed by atoms with Crippen LogP contribution in [0.2, 0.25) is 0 Å². The largest absolute Gasteiger partial charge is 0.490 e. The van der Waals surface area contributed by atoms with Gasteiger partial charge in [0, 0.05) is 43.3 Å². The highest BCUT2D eigenvalue weighted by molar-refractivity contribution is 6.05. The number of imide groups is 1. The molecule has 2 saturated heterocycles. The average molecular weight is 415 g/mol. The number of piperidine rings is 1. The van der Waals surface area contributed by atoms with Gasteiger partial charge in [-0.2, -0.15) is 13.2 Å². The first-order valence-corrected chi connectivity index (χ1v) is 8.83. The lowest BCUT2D eigenvalue weighted by Crippen LogP contribution is -2.49. The highest BCUT2D eigenvalue weighted by atomic mass is 19.4. The van der Waals surface area contributed by atoms with E-state index in [-0.39, 0.29) is 17.9 Å². The predicted molar refractivity (Wildman–Crippen MR) is 96.6 cm³/mol. The molecule has 0 radical (unpaired) electrons. The maximum Gasteiger partial charge on any atom is 0.490 e. The zero-order chi connectivity index (χ0) is 21.6. The number of carbonyl (C=O) groups excluding carboxylic acids is 3. The van der Waals surface area contributed by atoms with E-state index in [0.717, 1.165) is 43.6 Å². The van der Waals surface area contributed by atoms with Crippen LogP contribution in [-0.4, -0.2) is 55.1 Å². The average Bonchev–Trinajstić information content (AvgIpc) is 2.68. The number of amides is 3. The van der Waals surface area contributed by atoms with E-state index in [2.05, 4.69) is 10.2 Å². The minimum Gasteiger partial charge on any atom is -0.475 e. The number of hydrogen-bond acceptors (Lipinski definition) is 5. The van der Waals surface area contributed by atoms with E-state index >= 15 is 0 Å². The van der Waals surface area contributed by atoms with Gasteiger partial charge in [-0.05, 0) is 37.1 Å². The van der Waals surface area contributed by atoms with Crippen LogP contribution < -0.4 is 15.1 Å². The Morgan fingerprint density at radius 2 is 1.59 bits per heavy atom. The van der Waals surface area contributed by atoms with Gasteiger partial charge < -0.3 is 14.8 Å². The number of nitrogens with one attached hydrogen (secondary N) is 1. The van der Waals surface area contributed by atoms with Gasteiger partial charge in [0.15, 0.2) is 0 Å². The molecule has 2 N–H and O–H groups in total. The summed E-state index contributed by atoms with van der Waals surface area (Å²) in [7, 11) is 0. The molecule has 3 amide bonds. The Labute approximate surface area is 164 Å². The zero-order valence-electron chi connectivity index (χ0n) is 15.3. The molecule has 0 spiro atoms. The van der Waals surface area contributed by atoms with Crippen LogP contribution in [0.1, 0.15) is 19.3 Å². The summed E-state index contributed by atoms with van der Waals surface area (Å²) >= 11 is 0. The monoisotopic (exact) mass is 415 g/mol. The van der Waals surface area contributed by atoms with E-state index in [9.17, 15) is 27.6 Å². The van der Waals surface area contributed by atoms with E-state index in [1.165, 1.54) is 0 Å². The minimum absolute atomic E-state index is 0.185. The van der Waals surface area contributed by atoms with Crippen molar-refractivity contribution in [2.45, 2.75) is 25.4 Å².